The first-order valence-electron chi connectivity index (χ1n) is 5.52. The predicted molar refractivity (Wildman–Crippen MR) is 79.1 cm³/mol. The van der Waals surface area contributed by atoms with Gasteiger partial charge in [0.05, 0.1) is 5.56 Å². The number of halogens is 1. The number of nitrogens with zero attached hydrogens (tertiary/aromatic N) is 4. The minimum atomic E-state index is 0.397. The van der Waals surface area contributed by atoms with E-state index in [1.54, 1.807) is 6.20 Å². The van der Waals surface area contributed by atoms with Crippen LogP contribution >= 0.6 is 22.6 Å². The van der Waals surface area contributed by atoms with E-state index in [1.165, 1.54) is 0 Å². The van der Waals surface area contributed by atoms with Crippen molar-refractivity contribution in [2.24, 2.45) is 7.05 Å². The lowest BCUT2D eigenvalue weighted by molar-refractivity contribution is 0.432. The molecule has 3 rings (SSSR count). The lowest BCUT2D eigenvalue weighted by Crippen LogP contribution is -1.93. The molecule has 6 nitrogen and oxygen atoms in total. The van der Waals surface area contributed by atoms with Gasteiger partial charge in [0, 0.05) is 28.7 Å². The van der Waals surface area contributed by atoms with Crippen molar-refractivity contribution in [3.63, 3.8) is 0 Å². The van der Waals surface area contributed by atoms with Crippen LogP contribution in [0.1, 0.15) is 0 Å². The third-order valence-electron chi connectivity index (χ3n) is 2.69. The number of rotatable bonds is 2. The lowest BCUT2D eigenvalue weighted by atomic mass is 10.2. The molecule has 7 heteroatoms. The van der Waals surface area contributed by atoms with Gasteiger partial charge in [0.25, 0.3) is 5.89 Å². The summed E-state index contributed by atoms with van der Waals surface area (Å²) in [5.74, 6) is 1.49. The number of hydrogen-bond donors (Lipinski definition) is 1. The molecule has 2 heterocycles. The monoisotopic (exact) mass is 367 g/mol. The van der Waals surface area contributed by atoms with E-state index < -0.39 is 0 Å². The predicted octanol–water partition coefficient (Wildman–Crippen LogP) is 2.32. The van der Waals surface area contributed by atoms with E-state index in [-0.39, 0.29) is 0 Å². The summed E-state index contributed by atoms with van der Waals surface area (Å²) in [5.41, 5.74) is 7.27. The number of imidazole rings is 1. The highest BCUT2D eigenvalue weighted by atomic mass is 127. The molecule has 0 aliphatic heterocycles. The highest BCUT2D eigenvalue weighted by Crippen LogP contribution is 2.27. The van der Waals surface area contributed by atoms with Gasteiger partial charge in [-0.05, 0) is 40.8 Å². The molecule has 0 amide bonds. The summed E-state index contributed by atoms with van der Waals surface area (Å²) in [6.45, 7) is 0. The molecule has 0 saturated carbocycles. The van der Waals surface area contributed by atoms with Crippen molar-refractivity contribution < 1.29 is 4.52 Å². The minimum Gasteiger partial charge on any atom is -0.398 e. The molecule has 0 fully saturated rings. The summed E-state index contributed by atoms with van der Waals surface area (Å²) in [6, 6.07) is 5.66. The van der Waals surface area contributed by atoms with E-state index in [2.05, 4.69) is 37.7 Å². The van der Waals surface area contributed by atoms with Crippen molar-refractivity contribution >= 4 is 28.3 Å². The van der Waals surface area contributed by atoms with Crippen LogP contribution in [0.5, 0.6) is 0 Å². The van der Waals surface area contributed by atoms with Crippen molar-refractivity contribution in [2.45, 2.75) is 0 Å². The Morgan fingerprint density at radius 2 is 2.21 bits per heavy atom. The van der Waals surface area contributed by atoms with Crippen LogP contribution in [-0.2, 0) is 7.05 Å². The van der Waals surface area contributed by atoms with Gasteiger partial charge in [-0.3, -0.25) is 0 Å². The molecule has 0 saturated heterocycles. The second kappa shape index (κ2) is 4.65. The number of aromatic nitrogens is 4. The van der Waals surface area contributed by atoms with E-state index >= 15 is 0 Å². The first-order chi connectivity index (χ1) is 9.15. The quantitative estimate of drug-likeness (QED) is 0.555. The summed E-state index contributed by atoms with van der Waals surface area (Å²) < 4.78 is 8.15. The maximum absolute atomic E-state index is 5.93. The molecule has 3 aromatic rings. The summed E-state index contributed by atoms with van der Waals surface area (Å²) in [5, 5.41) is 3.94. The van der Waals surface area contributed by atoms with E-state index in [9.17, 15) is 0 Å². The molecule has 1 aromatic carbocycles. The largest absolute Gasteiger partial charge is 0.398 e. The highest BCUT2D eigenvalue weighted by molar-refractivity contribution is 14.1. The zero-order valence-electron chi connectivity index (χ0n) is 10.0. The van der Waals surface area contributed by atoms with Crippen LogP contribution in [0.4, 0.5) is 5.69 Å². The molecule has 19 heavy (non-hydrogen) atoms. The first kappa shape index (κ1) is 12.2. The van der Waals surface area contributed by atoms with E-state index in [4.69, 9.17) is 10.3 Å². The molecule has 0 radical (unpaired) electrons. The normalized spacial score (nSPS) is 10.8. The van der Waals surface area contributed by atoms with Gasteiger partial charge in [-0.15, -0.1) is 0 Å². The summed E-state index contributed by atoms with van der Waals surface area (Å²) in [6.07, 6.45) is 3.51. The van der Waals surface area contributed by atoms with Crippen molar-refractivity contribution in [2.75, 3.05) is 5.73 Å². The van der Waals surface area contributed by atoms with Crippen LogP contribution in [0.3, 0.4) is 0 Å². The molecule has 2 aromatic heterocycles. The molecule has 96 valence electrons. The van der Waals surface area contributed by atoms with E-state index in [1.807, 2.05) is 36.0 Å². The standard InChI is InChI=1S/C12H10IN5O/c1-18-5-4-15-11(18)10-16-12(19-17-10)8-6-7(13)2-3-9(8)14/h2-6H,14H2,1H3. The van der Waals surface area contributed by atoms with Gasteiger partial charge in [-0.2, -0.15) is 4.98 Å². The van der Waals surface area contributed by atoms with E-state index in [0.717, 1.165) is 9.13 Å². The van der Waals surface area contributed by atoms with Gasteiger partial charge in [-0.25, -0.2) is 4.98 Å². The number of hydrogen-bond acceptors (Lipinski definition) is 5. The molecular weight excluding hydrogens is 357 g/mol. The SMILES string of the molecule is Cn1ccnc1-c1noc(-c2cc(I)ccc2N)n1. The van der Waals surface area contributed by atoms with Crippen molar-refractivity contribution in [1.29, 1.82) is 0 Å². The Morgan fingerprint density at radius 1 is 1.37 bits per heavy atom. The Hall–Kier alpha value is -1.90. The number of nitrogens with two attached hydrogens (primary N) is 1. The Labute approximate surface area is 122 Å². The zero-order chi connectivity index (χ0) is 13.4. The molecule has 0 atom stereocenters. The van der Waals surface area contributed by atoms with Crippen LogP contribution in [-0.4, -0.2) is 19.7 Å². The molecule has 0 unspecified atom stereocenters. The fourth-order valence-corrected chi connectivity index (χ4v) is 2.21. The van der Waals surface area contributed by atoms with Gasteiger partial charge in [-0.1, -0.05) is 5.16 Å². The number of aryl methyl sites for hydroxylation is 1. The Bertz CT molecular complexity index is 733. The van der Waals surface area contributed by atoms with E-state index in [0.29, 0.717) is 23.2 Å². The minimum absolute atomic E-state index is 0.397. The topological polar surface area (TPSA) is 82.8 Å². The molecule has 0 bridgehead atoms. The Morgan fingerprint density at radius 3 is 2.95 bits per heavy atom. The zero-order valence-corrected chi connectivity index (χ0v) is 12.2. The Balaban J connectivity index is 2.06. The van der Waals surface area contributed by atoms with Crippen LogP contribution in [0.2, 0.25) is 0 Å². The fourth-order valence-electron chi connectivity index (χ4n) is 1.72. The third-order valence-corrected chi connectivity index (χ3v) is 3.36. The van der Waals surface area contributed by atoms with Crippen LogP contribution < -0.4 is 5.73 Å². The first-order valence-corrected chi connectivity index (χ1v) is 6.60. The third kappa shape index (κ3) is 2.21. The van der Waals surface area contributed by atoms with Crippen molar-refractivity contribution in [3.05, 3.63) is 34.2 Å². The molecular formula is C12H10IN5O. The average molecular weight is 367 g/mol. The van der Waals surface area contributed by atoms with Gasteiger partial charge in [0.1, 0.15) is 0 Å². The van der Waals surface area contributed by atoms with Crippen molar-refractivity contribution in [1.82, 2.24) is 19.7 Å². The van der Waals surface area contributed by atoms with Gasteiger partial charge >= 0.3 is 0 Å². The molecule has 2 N–H and O–H groups in total. The van der Waals surface area contributed by atoms with Crippen LogP contribution in [0.15, 0.2) is 35.1 Å². The summed E-state index contributed by atoms with van der Waals surface area (Å²) in [4.78, 5) is 8.52. The number of nitrogen functional groups attached to an aromatic ring is 1. The van der Waals surface area contributed by atoms with Gasteiger partial charge in [0.2, 0.25) is 5.82 Å². The number of benzene rings is 1. The average Bonchev–Trinajstić information content (AvgIpc) is 3.00. The molecule has 0 aliphatic rings. The Kier molecular flexibility index (Phi) is 2.97. The lowest BCUT2D eigenvalue weighted by Gasteiger charge is -2.00. The maximum atomic E-state index is 5.93. The highest BCUT2D eigenvalue weighted by Gasteiger charge is 2.15. The van der Waals surface area contributed by atoms with Gasteiger partial charge in [0.15, 0.2) is 5.82 Å². The number of anilines is 1. The second-order valence-electron chi connectivity index (χ2n) is 4.02. The van der Waals surface area contributed by atoms with Crippen LogP contribution in [0, 0.1) is 3.57 Å². The molecule has 0 aliphatic carbocycles. The second-order valence-corrected chi connectivity index (χ2v) is 5.26. The van der Waals surface area contributed by atoms with Gasteiger partial charge < -0.3 is 14.8 Å². The smallest absolute Gasteiger partial charge is 0.260 e. The van der Waals surface area contributed by atoms with Crippen LogP contribution in [0.25, 0.3) is 23.1 Å². The summed E-state index contributed by atoms with van der Waals surface area (Å²) in [7, 11) is 1.87. The van der Waals surface area contributed by atoms with Crippen molar-refractivity contribution in [3.8, 4) is 23.1 Å². The summed E-state index contributed by atoms with van der Waals surface area (Å²) >= 11 is 2.21. The fraction of sp³-hybridized carbons (Fsp3) is 0.0833. The maximum Gasteiger partial charge on any atom is 0.260 e. The molecule has 0 spiro atoms.